The lowest BCUT2D eigenvalue weighted by Crippen LogP contribution is -2.54. The van der Waals surface area contributed by atoms with Crippen molar-refractivity contribution in [3.8, 4) is 0 Å². The van der Waals surface area contributed by atoms with E-state index < -0.39 is 26.6 Å². The summed E-state index contributed by atoms with van der Waals surface area (Å²) < 4.78 is 11.8. The molecule has 2 saturated heterocycles. The van der Waals surface area contributed by atoms with Gasteiger partial charge in [0.25, 0.3) is 0 Å². The monoisotopic (exact) mass is 582 g/mol. The summed E-state index contributed by atoms with van der Waals surface area (Å²) in [5.74, 6) is -0.547. The first kappa shape index (κ1) is 30.9. The normalized spacial score (nSPS) is 24.2. The largest absolute Gasteiger partial charge is 0.441 e. The SMILES string of the molecule is CC(=O)OC1CC(=O)N1c1cccc(CC[C@H]2O[C@@H](CC(=O)N(CCO)Cc3ccccc3)[C@H]([Si](C)(C)O)[C@H]2C)c1. The van der Waals surface area contributed by atoms with Gasteiger partial charge in [0.1, 0.15) is 0 Å². The molecule has 0 aromatic heterocycles. The van der Waals surface area contributed by atoms with Crippen LogP contribution in [0.15, 0.2) is 54.6 Å². The second-order valence-electron chi connectivity index (χ2n) is 11.7. The van der Waals surface area contributed by atoms with Crippen molar-refractivity contribution < 1.29 is 33.8 Å². The van der Waals surface area contributed by atoms with Gasteiger partial charge in [-0.15, -0.1) is 0 Å². The predicted octanol–water partition coefficient (Wildman–Crippen LogP) is 3.63. The maximum atomic E-state index is 13.4. The summed E-state index contributed by atoms with van der Waals surface area (Å²) in [6.45, 7) is 7.75. The van der Waals surface area contributed by atoms with Gasteiger partial charge in [-0.3, -0.25) is 19.3 Å². The van der Waals surface area contributed by atoms with Crippen molar-refractivity contribution in [2.45, 2.75) is 83.1 Å². The van der Waals surface area contributed by atoms with E-state index in [0.717, 1.165) is 11.1 Å². The molecule has 2 aromatic rings. The van der Waals surface area contributed by atoms with Crippen LogP contribution in [0, 0.1) is 5.92 Å². The highest BCUT2D eigenvalue weighted by Gasteiger charge is 2.50. The van der Waals surface area contributed by atoms with Crippen LogP contribution >= 0.6 is 0 Å². The number of aliphatic hydroxyl groups is 1. The highest BCUT2D eigenvalue weighted by Crippen LogP contribution is 2.45. The van der Waals surface area contributed by atoms with Crippen LogP contribution in [-0.2, 0) is 36.8 Å². The molecule has 0 bridgehead atoms. The lowest BCUT2D eigenvalue weighted by molar-refractivity contribution is -0.154. The Hall–Kier alpha value is -3.05. The van der Waals surface area contributed by atoms with Crippen molar-refractivity contribution >= 4 is 31.8 Å². The van der Waals surface area contributed by atoms with Crippen LogP contribution in [0.1, 0.15) is 44.2 Å². The lowest BCUT2D eigenvalue weighted by atomic mass is 9.94. The van der Waals surface area contributed by atoms with E-state index in [-0.39, 0.29) is 55.4 Å². The molecule has 4 rings (SSSR count). The van der Waals surface area contributed by atoms with Gasteiger partial charge in [-0.2, -0.15) is 0 Å². The Labute approximate surface area is 243 Å². The molecule has 0 spiro atoms. The van der Waals surface area contributed by atoms with Crippen LogP contribution in [-0.4, -0.2) is 72.5 Å². The summed E-state index contributed by atoms with van der Waals surface area (Å²) in [7, 11) is -2.68. The third-order valence-electron chi connectivity index (χ3n) is 8.15. The van der Waals surface area contributed by atoms with Crippen molar-refractivity contribution in [2.24, 2.45) is 5.92 Å². The van der Waals surface area contributed by atoms with Crippen LogP contribution in [0.4, 0.5) is 5.69 Å². The van der Waals surface area contributed by atoms with E-state index in [1.165, 1.54) is 11.8 Å². The molecule has 0 radical (unpaired) electrons. The topological polar surface area (TPSA) is 117 Å². The first-order chi connectivity index (χ1) is 19.5. The van der Waals surface area contributed by atoms with Gasteiger partial charge in [0.05, 0.1) is 31.7 Å². The predicted molar refractivity (Wildman–Crippen MR) is 157 cm³/mol. The number of anilines is 1. The maximum absolute atomic E-state index is 13.4. The Morgan fingerprint density at radius 1 is 1.10 bits per heavy atom. The molecule has 10 heteroatoms. The molecule has 2 aromatic carbocycles. The molecule has 0 saturated carbocycles. The van der Waals surface area contributed by atoms with Crippen LogP contribution in [0.2, 0.25) is 18.6 Å². The minimum Gasteiger partial charge on any atom is -0.441 e. The van der Waals surface area contributed by atoms with Crippen molar-refractivity contribution in [1.82, 2.24) is 4.90 Å². The second kappa shape index (κ2) is 13.3. The first-order valence-electron chi connectivity index (χ1n) is 14.4. The summed E-state index contributed by atoms with van der Waals surface area (Å²) in [5.41, 5.74) is 2.59. The van der Waals surface area contributed by atoms with Gasteiger partial charge in [-0.25, -0.2) is 0 Å². The zero-order valence-corrected chi connectivity index (χ0v) is 25.4. The molecule has 41 heavy (non-hydrogen) atoms. The van der Waals surface area contributed by atoms with Gasteiger partial charge in [-0.05, 0) is 55.1 Å². The Morgan fingerprint density at radius 3 is 2.44 bits per heavy atom. The van der Waals surface area contributed by atoms with E-state index in [1.54, 1.807) is 4.90 Å². The summed E-state index contributed by atoms with van der Waals surface area (Å²) in [6, 6.07) is 17.3. The zero-order valence-electron chi connectivity index (χ0n) is 24.4. The van der Waals surface area contributed by atoms with Crippen molar-refractivity contribution in [1.29, 1.82) is 0 Å². The Balaban J connectivity index is 1.42. The number of carbonyl (C=O) groups excluding carboxylic acids is 3. The molecule has 2 fully saturated rings. The van der Waals surface area contributed by atoms with E-state index in [2.05, 4.69) is 6.92 Å². The molecular weight excluding hydrogens is 540 g/mol. The molecule has 0 aliphatic carbocycles. The van der Waals surface area contributed by atoms with E-state index >= 15 is 0 Å². The number of amides is 2. The van der Waals surface area contributed by atoms with Crippen LogP contribution in [0.3, 0.4) is 0 Å². The highest BCUT2D eigenvalue weighted by atomic mass is 28.4. The number of esters is 1. The third-order valence-corrected chi connectivity index (χ3v) is 10.7. The van der Waals surface area contributed by atoms with Crippen molar-refractivity contribution in [3.63, 3.8) is 0 Å². The van der Waals surface area contributed by atoms with Gasteiger partial charge < -0.3 is 24.3 Å². The van der Waals surface area contributed by atoms with E-state index in [0.29, 0.717) is 25.1 Å². The number of nitrogens with zero attached hydrogens (tertiary/aromatic N) is 2. The number of carbonyl (C=O) groups is 3. The first-order valence-corrected chi connectivity index (χ1v) is 17.4. The number of rotatable bonds is 12. The van der Waals surface area contributed by atoms with Gasteiger partial charge >= 0.3 is 5.97 Å². The fraction of sp³-hybridized carbons (Fsp3) is 0.516. The van der Waals surface area contributed by atoms with Gasteiger partial charge in [0, 0.05) is 31.2 Å². The van der Waals surface area contributed by atoms with E-state index in [9.17, 15) is 24.3 Å². The smallest absolute Gasteiger partial charge is 0.304 e. The van der Waals surface area contributed by atoms with E-state index in [4.69, 9.17) is 9.47 Å². The van der Waals surface area contributed by atoms with Crippen molar-refractivity contribution in [2.75, 3.05) is 18.1 Å². The van der Waals surface area contributed by atoms with Gasteiger partial charge in [0.15, 0.2) is 14.5 Å². The molecule has 5 atom stereocenters. The number of hydrogen-bond donors (Lipinski definition) is 2. The number of hydrogen-bond acceptors (Lipinski definition) is 7. The number of aliphatic hydroxyl groups excluding tert-OH is 1. The summed E-state index contributed by atoms with van der Waals surface area (Å²) >= 11 is 0. The van der Waals surface area contributed by atoms with Crippen LogP contribution in [0.25, 0.3) is 0 Å². The molecular formula is C31H42N2O7Si. The molecule has 2 aliphatic rings. The van der Waals surface area contributed by atoms with Crippen molar-refractivity contribution in [3.05, 3.63) is 65.7 Å². The Bertz CT molecular complexity index is 1220. The molecule has 222 valence electrons. The summed E-state index contributed by atoms with van der Waals surface area (Å²) in [4.78, 5) is 51.4. The van der Waals surface area contributed by atoms with Gasteiger partial charge in [0.2, 0.25) is 11.8 Å². The summed E-state index contributed by atoms with van der Waals surface area (Å²) in [5, 5.41) is 9.61. The fourth-order valence-corrected chi connectivity index (χ4v) is 8.89. The number of ether oxygens (including phenoxy) is 2. The Kier molecular flexibility index (Phi) is 10.0. The number of aryl methyl sites for hydroxylation is 1. The number of benzene rings is 2. The standard InChI is InChI=1S/C31H42N2O7Si/c1-21-26(14-13-23-11-8-12-25(17-23)33-29(37)19-30(33)39-22(2)35)40-27(31(21)41(3,4)38)18-28(36)32(15-16-34)20-24-9-6-5-7-10-24/h5-12,17,21,26-27,30-31,34,38H,13-16,18-20H2,1-4H3/t21-,26+,27-,30?,31+/m0/s1. The molecule has 2 heterocycles. The Morgan fingerprint density at radius 2 is 1.80 bits per heavy atom. The zero-order chi connectivity index (χ0) is 29.7. The minimum absolute atomic E-state index is 0.0633. The lowest BCUT2D eigenvalue weighted by Gasteiger charge is -2.39. The second-order valence-corrected chi connectivity index (χ2v) is 15.7. The average molecular weight is 583 g/mol. The quantitative estimate of drug-likeness (QED) is 0.223. The van der Waals surface area contributed by atoms with Crippen LogP contribution < -0.4 is 4.90 Å². The molecule has 2 aliphatic heterocycles. The molecule has 2 N–H and O–H groups in total. The molecule has 2 amide bonds. The maximum Gasteiger partial charge on any atom is 0.304 e. The highest BCUT2D eigenvalue weighted by molar-refractivity contribution is 6.71. The van der Waals surface area contributed by atoms with Crippen LogP contribution in [0.5, 0.6) is 0 Å². The molecule has 9 nitrogen and oxygen atoms in total. The minimum atomic E-state index is -2.68. The summed E-state index contributed by atoms with van der Waals surface area (Å²) in [6.07, 6.45) is 0.605. The molecule has 1 unspecified atom stereocenters. The average Bonchev–Trinajstić information content (AvgIpc) is 3.22. The van der Waals surface area contributed by atoms with Gasteiger partial charge in [-0.1, -0.05) is 49.4 Å². The fourth-order valence-electron chi connectivity index (χ4n) is 6.28. The van der Waals surface area contributed by atoms with E-state index in [1.807, 2.05) is 67.7 Å². The number of β-lactam (4-membered cyclic amide) rings is 1. The third kappa shape index (κ3) is 7.62.